The van der Waals surface area contributed by atoms with Crippen LogP contribution in [0, 0.1) is 0 Å². The molecule has 1 N–H and O–H groups in total. The number of thiazole rings is 1. The Kier molecular flexibility index (Phi) is 5.98. The van der Waals surface area contributed by atoms with Crippen LogP contribution in [0.3, 0.4) is 0 Å². The Labute approximate surface area is 169 Å². The van der Waals surface area contributed by atoms with E-state index in [9.17, 15) is 9.59 Å². The van der Waals surface area contributed by atoms with Gasteiger partial charge in [-0.05, 0) is 24.6 Å². The summed E-state index contributed by atoms with van der Waals surface area (Å²) in [5.41, 5.74) is 0.798. The number of thiophene rings is 1. The second-order valence-electron chi connectivity index (χ2n) is 6.03. The van der Waals surface area contributed by atoms with Crippen molar-refractivity contribution < 1.29 is 14.3 Å². The number of nitrogens with one attached hydrogen (secondary N) is 1. The molecule has 0 saturated heterocycles. The van der Waals surface area contributed by atoms with Gasteiger partial charge in [0.2, 0.25) is 0 Å². The van der Waals surface area contributed by atoms with Crippen molar-refractivity contribution in [2.24, 2.45) is 0 Å². The van der Waals surface area contributed by atoms with Gasteiger partial charge < -0.3 is 15.0 Å². The number of hydrogen-bond donors (Lipinski definition) is 1. The van der Waals surface area contributed by atoms with Gasteiger partial charge in [-0.25, -0.2) is 9.78 Å². The molecule has 1 unspecified atom stereocenters. The van der Waals surface area contributed by atoms with E-state index in [1.807, 2.05) is 37.2 Å². The maximum absolute atomic E-state index is 12.3. The number of carbonyl (C=O) groups is 2. The summed E-state index contributed by atoms with van der Waals surface area (Å²) in [7, 11) is 3.83. The predicted octanol–water partition coefficient (Wildman–Crippen LogP) is 3.94. The van der Waals surface area contributed by atoms with Gasteiger partial charge in [0.05, 0.1) is 4.70 Å². The van der Waals surface area contributed by atoms with Crippen molar-refractivity contribution in [2.45, 2.75) is 19.6 Å². The van der Waals surface area contributed by atoms with Crippen molar-refractivity contribution in [3.05, 3.63) is 45.8 Å². The van der Waals surface area contributed by atoms with E-state index >= 15 is 0 Å². The number of aromatic nitrogens is 1. The van der Waals surface area contributed by atoms with E-state index in [1.165, 1.54) is 29.6 Å². The van der Waals surface area contributed by atoms with Crippen molar-refractivity contribution >= 4 is 60.8 Å². The minimum atomic E-state index is -0.912. The molecule has 0 aliphatic carbocycles. The zero-order valence-corrected chi connectivity index (χ0v) is 17.4. The summed E-state index contributed by atoms with van der Waals surface area (Å²) in [6.45, 7) is 1.81. The lowest BCUT2D eigenvalue weighted by atomic mass is 10.2. The molecule has 0 aliphatic heterocycles. The van der Waals surface area contributed by atoms with Crippen LogP contribution in [0.4, 0.5) is 5.13 Å². The van der Waals surface area contributed by atoms with Crippen LogP contribution in [0.1, 0.15) is 22.2 Å². The summed E-state index contributed by atoms with van der Waals surface area (Å²) in [6, 6.07) is 8.99. The maximum atomic E-state index is 12.3. The van der Waals surface area contributed by atoms with Crippen LogP contribution in [-0.2, 0) is 16.1 Å². The van der Waals surface area contributed by atoms with Crippen molar-refractivity contribution in [3.63, 3.8) is 0 Å². The Bertz CT molecular complexity index is 952. The fourth-order valence-corrected chi connectivity index (χ4v) is 4.47. The third-order valence-electron chi connectivity index (χ3n) is 3.73. The van der Waals surface area contributed by atoms with Gasteiger partial charge in [0, 0.05) is 25.7 Å². The monoisotopic (exact) mass is 423 g/mol. The smallest absolute Gasteiger partial charge is 0.349 e. The number of carbonyl (C=O) groups excluding carboxylic acids is 2. The lowest BCUT2D eigenvalue weighted by molar-refractivity contribution is -0.129. The molecule has 1 atom stereocenters. The molecule has 0 bridgehead atoms. The second kappa shape index (κ2) is 8.24. The molecular formula is C18H18ClN3O3S2. The number of fused-ring (bicyclic) bond motifs is 1. The molecule has 2 heterocycles. The third kappa shape index (κ3) is 4.58. The first-order chi connectivity index (χ1) is 12.8. The highest BCUT2D eigenvalue weighted by Gasteiger charge is 2.21. The van der Waals surface area contributed by atoms with Crippen molar-refractivity contribution in [3.8, 4) is 0 Å². The van der Waals surface area contributed by atoms with E-state index in [0.717, 1.165) is 20.2 Å². The summed E-state index contributed by atoms with van der Waals surface area (Å²) in [5, 5.41) is 4.18. The normalized spacial score (nSPS) is 12.0. The first kappa shape index (κ1) is 19.6. The molecule has 6 nitrogen and oxygen atoms in total. The van der Waals surface area contributed by atoms with Crippen LogP contribution >= 0.6 is 34.3 Å². The number of halogens is 1. The fourth-order valence-electron chi connectivity index (χ4n) is 2.26. The Balaban J connectivity index is 1.58. The average Bonchev–Trinajstić information content (AvgIpc) is 3.20. The number of hydrogen-bond acceptors (Lipinski definition) is 7. The lowest BCUT2D eigenvalue weighted by Crippen LogP contribution is -2.35. The molecule has 1 aromatic carbocycles. The molecule has 27 heavy (non-hydrogen) atoms. The zero-order valence-electron chi connectivity index (χ0n) is 15.0. The average molecular weight is 424 g/mol. The Morgan fingerprint density at radius 1 is 1.30 bits per heavy atom. The Hall–Kier alpha value is -2.16. The molecule has 3 rings (SSSR count). The lowest BCUT2D eigenvalue weighted by Gasteiger charge is -2.13. The van der Waals surface area contributed by atoms with E-state index in [4.69, 9.17) is 16.3 Å². The molecule has 1 amide bonds. The van der Waals surface area contributed by atoms with Crippen LogP contribution in [0.5, 0.6) is 0 Å². The van der Waals surface area contributed by atoms with Gasteiger partial charge in [-0.3, -0.25) is 4.79 Å². The van der Waals surface area contributed by atoms with E-state index in [2.05, 4.69) is 10.3 Å². The number of anilines is 1. The van der Waals surface area contributed by atoms with Gasteiger partial charge in [-0.1, -0.05) is 41.1 Å². The van der Waals surface area contributed by atoms with Crippen LogP contribution < -0.4 is 10.2 Å². The van der Waals surface area contributed by atoms with Crippen molar-refractivity contribution in [2.75, 3.05) is 19.0 Å². The number of amides is 1. The highest BCUT2D eigenvalue weighted by Crippen LogP contribution is 2.34. The topological polar surface area (TPSA) is 71.5 Å². The standard InChI is InChI=1S/C18H18ClN3O3S2/c1-10(15(23)20-9-11-6-4-5-7-12(11)19)25-17(24)14-8-13-16(26-14)21-18(27-13)22(2)3/h4-8,10H,9H2,1-3H3,(H,20,23). The summed E-state index contributed by atoms with van der Waals surface area (Å²) < 4.78 is 6.21. The van der Waals surface area contributed by atoms with E-state index in [-0.39, 0.29) is 12.5 Å². The summed E-state index contributed by atoms with van der Waals surface area (Å²) >= 11 is 8.83. The molecule has 0 saturated carbocycles. The number of esters is 1. The van der Waals surface area contributed by atoms with Gasteiger partial charge in [0.1, 0.15) is 9.71 Å². The largest absolute Gasteiger partial charge is 0.448 e. The molecule has 0 fully saturated rings. The van der Waals surface area contributed by atoms with Crippen molar-refractivity contribution in [1.82, 2.24) is 10.3 Å². The fraction of sp³-hybridized carbons (Fsp3) is 0.278. The second-order valence-corrected chi connectivity index (χ2v) is 8.47. The van der Waals surface area contributed by atoms with Gasteiger partial charge in [0.15, 0.2) is 11.2 Å². The molecule has 2 aromatic heterocycles. The van der Waals surface area contributed by atoms with Crippen LogP contribution in [-0.4, -0.2) is 37.1 Å². The molecule has 0 radical (unpaired) electrons. The molecule has 142 valence electrons. The van der Waals surface area contributed by atoms with Gasteiger partial charge >= 0.3 is 5.97 Å². The van der Waals surface area contributed by atoms with E-state index in [0.29, 0.717) is 9.90 Å². The summed E-state index contributed by atoms with van der Waals surface area (Å²) in [6.07, 6.45) is -0.912. The first-order valence-corrected chi connectivity index (χ1v) is 10.2. The molecule has 3 aromatic rings. The quantitative estimate of drug-likeness (QED) is 0.608. The minimum absolute atomic E-state index is 0.270. The van der Waals surface area contributed by atoms with E-state index < -0.39 is 12.1 Å². The van der Waals surface area contributed by atoms with E-state index in [1.54, 1.807) is 12.1 Å². The number of nitrogens with zero attached hydrogens (tertiary/aromatic N) is 2. The SMILES string of the molecule is CC(OC(=O)c1cc2sc(N(C)C)nc2s1)C(=O)NCc1ccccc1Cl. The van der Waals surface area contributed by atoms with Gasteiger partial charge in [-0.2, -0.15) is 0 Å². The molecule has 0 aliphatic rings. The highest BCUT2D eigenvalue weighted by molar-refractivity contribution is 7.29. The number of rotatable bonds is 6. The predicted molar refractivity (Wildman–Crippen MR) is 110 cm³/mol. The summed E-state index contributed by atoms with van der Waals surface area (Å²) in [5.74, 6) is -0.911. The number of ether oxygens (including phenoxy) is 1. The highest BCUT2D eigenvalue weighted by atomic mass is 35.5. The van der Waals surface area contributed by atoms with Crippen LogP contribution in [0.2, 0.25) is 5.02 Å². The maximum Gasteiger partial charge on any atom is 0.349 e. The zero-order chi connectivity index (χ0) is 19.6. The first-order valence-electron chi connectivity index (χ1n) is 8.15. The summed E-state index contributed by atoms with van der Waals surface area (Å²) in [4.78, 5) is 32.1. The molecule has 9 heteroatoms. The van der Waals surface area contributed by atoms with Crippen molar-refractivity contribution in [1.29, 1.82) is 0 Å². The number of benzene rings is 1. The Morgan fingerprint density at radius 3 is 2.70 bits per heavy atom. The minimum Gasteiger partial charge on any atom is -0.448 e. The van der Waals surface area contributed by atoms with Crippen LogP contribution in [0.15, 0.2) is 30.3 Å². The molecule has 0 spiro atoms. The van der Waals surface area contributed by atoms with Crippen LogP contribution in [0.25, 0.3) is 9.53 Å². The Morgan fingerprint density at radius 2 is 2.04 bits per heavy atom. The molecular weight excluding hydrogens is 406 g/mol. The van der Waals surface area contributed by atoms with Gasteiger partial charge in [-0.15, -0.1) is 11.3 Å². The third-order valence-corrected chi connectivity index (χ3v) is 6.40. The van der Waals surface area contributed by atoms with Gasteiger partial charge in [0.25, 0.3) is 5.91 Å².